The average molecular weight is 509 g/mol. The minimum atomic E-state index is -0.308. The number of aromatic nitrogens is 2. The summed E-state index contributed by atoms with van der Waals surface area (Å²) < 4.78 is 21.4. The Balaban J connectivity index is 0.00000300. The first kappa shape index (κ1) is 22.7. The van der Waals surface area contributed by atoms with E-state index in [9.17, 15) is 4.39 Å². The largest absolute Gasteiger partial charge is 0.496 e. The summed E-state index contributed by atoms with van der Waals surface area (Å²) in [5, 5.41) is 6.48. The van der Waals surface area contributed by atoms with Gasteiger partial charge in [-0.1, -0.05) is 24.3 Å². The van der Waals surface area contributed by atoms with Gasteiger partial charge >= 0.3 is 0 Å². The molecule has 3 rings (SSSR count). The smallest absolute Gasteiger partial charge is 0.191 e. The number of benzene rings is 2. The maximum atomic E-state index is 14.4. The molecule has 3 aromatic rings. The van der Waals surface area contributed by atoms with E-state index in [4.69, 9.17) is 4.74 Å². The molecule has 2 N–H and O–H groups in total. The molecule has 0 amide bonds. The zero-order valence-electron chi connectivity index (χ0n) is 16.4. The number of hydrogen-bond donors (Lipinski definition) is 2. The first-order chi connectivity index (χ1) is 13.7. The molecule has 6 nitrogen and oxygen atoms in total. The Hall–Kier alpha value is -2.62. The van der Waals surface area contributed by atoms with Crippen molar-refractivity contribution in [1.29, 1.82) is 0 Å². The Morgan fingerprint density at radius 3 is 2.72 bits per heavy atom. The summed E-state index contributed by atoms with van der Waals surface area (Å²) in [5.74, 6) is 1.17. The number of guanidine groups is 1. The van der Waals surface area contributed by atoms with Crippen molar-refractivity contribution in [2.45, 2.75) is 20.0 Å². The molecule has 0 unspecified atom stereocenters. The number of halogens is 2. The van der Waals surface area contributed by atoms with Gasteiger partial charge in [-0.2, -0.15) is 0 Å². The minimum Gasteiger partial charge on any atom is -0.496 e. The van der Waals surface area contributed by atoms with Crippen LogP contribution in [0, 0.1) is 5.82 Å². The molecular weight excluding hydrogens is 484 g/mol. The molecule has 0 radical (unpaired) electrons. The third kappa shape index (κ3) is 6.18. The zero-order chi connectivity index (χ0) is 19.8. The molecule has 1 heterocycles. The normalized spacial score (nSPS) is 10.9. The van der Waals surface area contributed by atoms with Crippen LogP contribution in [0.2, 0.25) is 0 Å². The van der Waals surface area contributed by atoms with Gasteiger partial charge in [0.25, 0.3) is 0 Å². The molecule has 29 heavy (non-hydrogen) atoms. The first-order valence-corrected chi connectivity index (χ1v) is 9.12. The van der Waals surface area contributed by atoms with Crippen LogP contribution in [-0.2, 0) is 13.1 Å². The lowest BCUT2D eigenvalue weighted by molar-refractivity contribution is 0.409. The van der Waals surface area contributed by atoms with Crippen molar-refractivity contribution in [3.05, 3.63) is 78.1 Å². The highest BCUT2D eigenvalue weighted by atomic mass is 127. The number of rotatable bonds is 7. The van der Waals surface area contributed by atoms with Gasteiger partial charge in [0, 0.05) is 31.0 Å². The highest BCUT2D eigenvalue weighted by molar-refractivity contribution is 14.0. The van der Waals surface area contributed by atoms with Crippen LogP contribution in [0.1, 0.15) is 18.1 Å². The number of nitrogens with zero attached hydrogens (tertiary/aromatic N) is 3. The predicted molar refractivity (Wildman–Crippen MR) is 124 cm³/mol. The van der Waals surface area contributed by atoms with E-state index < -0.39 is 0 Å². The predicted octanol–water partition coefficient (Wildman–Crippen LogP) is 3.89. The number of ether oxygens (including phenoxy) is 1. The van der Waals surface area contributed by atoms with Crippen molar-refractivity contribution in [2.24, 2.45) is 4.99 Å². The Morgan fingerprint density at radius 2 is 2.03 bits per heavy atom. The summed E-state index contributed by atoms with van der Waals surface area (Å²) in [7, 11) is 1.65. The van der Waals surface area contributed by atoms with E-state index in [-0.39, 0.29) is 29.8 Å². The molecule has 8 heteroatoms. The highest BCUT2D eigenvalue weighted by Gasteiger charge is 2.06. The molecule has 0 aliphatic rings. The standard InChI is InChI=1S/C21H24FN5O.HI/c1-3-24-21(26-14-17-6-4-5-7-20(17)28-2)25-13-16-8-9-19(18(22)12-16)27-11-10-23-15-27;/h4-12,15H,3,13-14H2,1-2H3,(H2,24,25,26);1H. The third-order valence-electron chi connectivity index (χ3n) is 4.20. The van der Waals surface area contributed by atoms with Gasteiger partial charge < -0.3 is 19.9 Å². The van der Waals surface area contributed by atoms with Crippen LogP contribution in [-0.4, -0.2) is 29.2 Å². The second-order valence-electron chi connectivity index (χ2n) is 6.12. The summed E-state index contributed by atoms with van der Waals surface area (Å²) in [6.45, 7) is 3.66. The van der Waals surface area contributed by atoms with Crippen molar-refractivity contribution in [2.75, 3.05) is 13.7 Å². The van der Waals surface area contributed by atoms with Crippen molar-refractivity contribution >= 4 is 29.9 Å². The lowest BCUT2D eigenvalue weighted by Crippen LogP contribution is -2.36. The second kappa shape index (κ2) is 11.4. The fraction of sp³-hybridized carbons (Fsp3) is 0.238. The molecule has 1 aromatic heterocycles. The Kier molecular flexibility index (Phi) is 8.91. The van der Waals surface area contributed by atoms with Gasteiger partial charge in [0.1, 0.15) is 11.6 Å². The average Bonchev–Trinajstić information content (AvgIpc) is 3.25. The number of methoxy groups -OCH3 is 1. The molecule has 0 fully saturated rings. The molecule has 0 atom stereocenters. The van der Waals surface area contributed by atoms with Crippen LogP contribution in [0.3, 0.4) is 0 Å². The summed E-state index contributed by atoms with van der Waals surface area (Å²) in [5.41, 5.74) is 2.29. The van der Waals surface area contributed by atoms with Crippen LogP contribution in [0.25, 0.3) is 5.69 Å². The van der Waals surface area contributed by atoms with Crippen LogP contribution in [0.4, 0.5) is 4.39 Å². The lowest BCUT2D eigenvalue weighted by Gasteiger charge is -2.13. The summed E-state index contributed by atoms with van der Waals surface area (Å²) in [4.78, 5) is 8.50. The van der Waals surface area contributed by atoms with Gasteiger partial charge in [-0.15, -0.1) is 24.0 Å². The molecule has 0 saturated carbocycles. The zero-order valence-corrected chi connectivity index (χ0v) is 18.8. The SMILES string of the molecule is CCNC(=NCc1ccc(-n2ccnc2)c(F)c1)NCc1ccccc1OC.I. The number of para-hydroxylation sites is 1. The molecule has 0 aliphatic carbocycles. The number of aliphatic imine (C=N–C) groups is 1. The molecule has 0 spiro atoms. The summed E-state index contributed by atoms with van der Waals surface area (Å²) in [6.07, 6.45) is 4.90. The van der Waals surface area contributed by atoms with Crippen LogP contribution < -0.4 is 15.4 Å². The second-order valence-corrected chi connectivity index (χ2v) is 6.12. The first-order valence-electron chi connectivity index (χ1n) is 9.12. The topological polar surface area (TPSA) is 63.5 Å². The van der Waals surface area contributed by atoms with Gasteiger partial charge in [0.05, 0.1) is 25.7 Å². The van der Waals surface area contributed by atoms with Gasteiger partial charge in [-0.3, -0.25) is 0 Å². The van der Waals surface area contributed by atoms with Crippen molar-refractivity contribution in [1.82, 2.24) is 20.2 Å². The van der Waals surface area contributed by atoms with Gasteiger partial charge in [-0.25, -0.2) is 14.4 Å². The van der Waals surface area contributed by atoms with Crippen molar-refractivity contribution in [3.63, 3.8) is 0 Å². The lowest BCUT2D eigenvalue weighted by atomic mass is 10.2. The number of imidazole rings is 1. The van der Waals surface area contributed by atoms with E-state index in [0.29, 0.717) is 24.7 Å². The highest BCUT2D eigenvalue weighted by Crippen LogP contribution is 2.17. The number of hydrogen-bond acceptors (Lipinski definition) is 3. The van der Waals surface area contributed by atoms with Crippen molar-refractivity contribution in [3.8, 4) is 11.4 Å². The third-order valence-corrected chi connectivity index (χ3v) is 4.20. The van der Waals surface area contributed by atoms with Gasteiger partial charge in [0.2, 0.25) is 0 Å². The minimum absolute atomic E-state index is 0. The molecule has 0 bridgehead atoms. The molecule has 2 aromatic carbocycles. The van der Waals surface area contributed by atoms with E-state index in [1.165, 1.54) is 6.07 Å². The van der Waals surface area contributed by atoms with Crippen LogP contribution in [0.5, 0.6) is 5.75 Å². The summed E-state index contributed by atoms with van der Waals surface area (Å²) in [6, 6.07) is 12.9. The van der Waals surface area contributed by atoms with Crippen LogP contribution in [0.15, 0.2) is 66.2 Å². The quantitative estimate of drug-likeness (QED) is 0.288. The monoisotopic (exact) mass is 509 g/mol. The van der Waals surface area contributed by atoms with E-state index in [0.717, 1.165) is 23.4 Å². The van der Waals surface area contributed by atoms with Gasteiger partial charge in [-0.05, 0) is 30.7 Å². The Labute approximate surface area is 187 Å². The van der Waals surface area contributed by atoms with Gasteiger partial charge in [0.15, 0.2) is 5.96 Å². The Morgan fingerprint density at radius 1 is 1.21 bits per heavy atom. The molecule has 0 saturated heterocycles. The maximum absolute atomic E-state index is 14.4. The van der Waals surface area contributed by atoms with Crippen LogP contribution >= 0.6 is 24.0 Å². The van der Waals surface area contributed by atoms with E-state index in [1.54, 1.807) is 36.5 Å². The van der Waals surface area contributed by atoms with E-state index in [2.05, 4.69) is 20.6 Å². The molecule has 154 valence electrons. The van der Waals surface area contributed by atoms with E-state index >= 15 is 0 Å². The maximum Gasteiger partial charge on any atom is 0.191 e. The van der Waals surface area contributed by atoms with E-state index in [1.807, 2.05) is 37.3 Å². The molecule has 0 aliphatic heterocycles. The summed E-state index contributed by atoms with van der Waals surface area (Å²) >= 11 is 0. The number of nitrogens with one attached hydrogen (secondary N) is 2. The molecular formula is C21H25FIN5O. The fourth-order valence-electron chi connectivity index (χ4n) is 2.80. The van der Waals surface area contributed by atoms with Crippen molar-refractivity contribution < 1.29 is 9.13 Å². The fourth-order valence-corrected chi connectivity index (χ4v) is 2.80. The Bertz CT molecular complexity index is 931.